The molecule has 0 aromatic carbocycles. The lowest BCUT2D eigenvalue weighted by atomic mass is 9.99. The fourth-order valence-corrected chi connectivity index (χ4v) is 2.08. The minimum absolute atomic E-state index is 0.0800. The first-order valence-electron chi connectivity index (χ1n) is 4.09. The summed E-state index contributed by atoms with van der Waals surface area (Å²) in [6.45, 7) is 0. The van der Waals surface area contributed by atoms with E-state index < -0.39 is 11.1 Å². The highest BCUT2D eigenvalue weighted by molar-refractivity contribution is 7.83. The van der Waals surface area contributed by atoms with Crippen molar-refractivity contribution >= 4 is 28.9 Å². The van der Waals surface area contributed by atoms with Crippen LogP contribution in [0, 0.1) is 0 Å². The van der Waals surface area contributed by atoms with E-state index in [4.69, 9.17) is 16.2 Å². The smallest absolute Gasteiger partial charge is 0.186 e. The predicted octanol–water partition coefficient (Wildman–Crippen LogP) is 2.00. The van der Waals surface area contributed by atoms with E-state index in [2.05, 4.69) is 4.99 Å². The Bertz CT molecular complexity index is 409. The van der Waals surface area contributed by atoms with Gasteiger partial charge in [-0.3, -0.25) is 4.99 Å². The third-order valence-corrected chi connectivity index (χ3v) is 3.14. The molecule has 1 aliphatic heterocycles. The van der Waals surface area contributed by atoms with Crippen LogP contribution in [0.4, 0.5) is 0 Å². The molecule has 1 aliphatic carbocycles. The van der Waals surface area contributed by atoms with E-state index in [0.717, 1.165) is 5.57 Å². The predicted molar refractivity (Wildman–Crippen MR) is 57.8 cm³/mol. The molecule has 0 radical (unpaired) electrons. The highest BCUT2D eigenvalue weighted by Gasteiger charge is 2.20. The van der Waals surface area contributed by atoms with Crippen LogP contribution in [-0.4, -0.2) is 21.0 Å². The molecule has 3 nitrogen and oxygen atoms in total. The summed E-state index contributed by atoms with van der Waals surface area (Å²) in [7, 11) is 0. The second-order valence-corrected chi connectivity index (χ2v) is 4.42. The third-order valence-electron chi connectivity index (χ3n) is 2.11. The van der Waals surface area contributed by atoms with Gasteiger partial charge in [0.05, 0.1) is 10.9 Å². The molecule has 2 aliphatic rings. The summed E-state index contributed by atoms with van der Waals surface area (Å²) in [5.74, 6) is 0. The minimum Gasteiger partial charge on any atom is -0.302 e. The van der Waals surface area contributed by atoms with Crippen molar-refractivity contribution in [2.45, 2.75) is 12.5 Å². The second-order valence-electron chi connectivity index (χ2n) is 3.00. The SMILES string of the molecule is O=S(O)C1=CC2=C(Cl)CC=NC2C=C1. The zero-order valence-corrected chi connectivity index (χ0v) is 8.76. The van der Waals surface area contributed by atoms with Crippen molar-refractivity contribution in [1.29, 1.82) is 0 Å². The van der Waals surface area contributed by atoms with Gasteiger partial charge >= 0.3 is 0 Å². The molecular weight excluding hydrogens is 222 g/mol. The van der Waals surface area contributed by atoms with Gasteiger partial charge in [-0.25, -0.2) is 4.21 Å². The fraction of sp³-hybridized carbons (Fsp3) is 0.222. The Morgan fingerprint density at radius 2 is 2.43 bits per heavy atom. The quantitative estimate of drug-likeness (QED) is 0.700. The zero-order chi connectivity index (χ0) is 10.1. The van der Waals surface area contributed by atoms with Crippen LogP contribution in [0.3, 0.4) is 0 Å². The summed E-state index contributed by atoms with van der Waals surface area (Å²) in [6, 6.07) is -0.0800. The van der Waals surface area contributed by atoms with E-state index >= 15 is 0 Å². The van der Waals surface area contributed by atoms with Gasteiger partial charge in [0, 0.05) is 17.7 Å². The van der Waals surface area contributed by atoms with Crippen LogP contribution in [0.5, 0.6) is 0 Å². The number of hydrogen-bond donors (Lipinski definition) is 1. The fourth-order valence-electron chi connectivity index (χ4n) is 1.42. The molecule has 74 valence electrons. The minimum atomic E-state index is -1.95. The normalized spacial score (nSPS) is 27.3. The van der Waals surface area contributed by atoms with Crippen LogP contribution in [0.2, 0.25) is 0 Å². The first kappa shape index (κ1) is 9.83. The highest BCUT2D eigenvalue weighted by atomic mass is 35.5. The summed E-state index contributed by atoms with van der Waals surface area (Å²) in [5.41, 5.74) is 0.828. The lowest BCUT2D eigenvalue weighted by molar-refractivity contribution is 0.572. The van der Waals surface area contributed by atoms with Gasteiger partial charge in [0.25, 0.3) is 0 Å². The van der Waals surface area contributed by atoms with Gasteiger partial charge in [0.2, 0.25) is 0 Å². The van der Waals surface area contributed by atoms with Gasteiger partial charge in [-0.2, -0.15) is 0 Å². The van der Waals surface area contributed by atoms with Crippen molar-refractivity contribution in [1.82, 2.24) is 0 Å². The molecule has 0 bridgehead atoms. The monoisotopic (exact) mass is 229 g/mol. The molecule has 0 saturated carbocycles. The number of fused-ring (bicyclic) bond motifs is 1. The molecule has 0 amide bonds. The van der Waals surface area contributed by atoms with Crippen LogP contribution in [-0.2, 0) is 11.1 Å². The molecule has 0 spiro atoms. The van der Waals surface area contributed by atoms with Gasteiger partial charge in [-0.15, -0.1) is 0 Å². The molecule has 2 atom stereocenters. The topological polar surface area (TPSA) is 49.7 Å². The Morgan fingerprint density at radius 1 is 1.64 bits per heavy atom. The van der Waals surface area contributed by atoms with Crippen LogP contribution >= 0.6 is 11.6 Å². The van der Waals surface area contributed by atoms with Crippen LogP contribution < -0.4 is 0 Å². The van der Waals surface area contributed by atoms with Gasteiger partial charge in [-0.05, 0) is 17.7 Å². The van der Waals surface area contributed by atoms with E-state index in [1.165, 1.54) is 0 Å². The summed E-state index contributed by atoms with van der Waals surface area (Å²) < 4.78 is 19.7. The number of hydrogen-bond acceptors (Lipinski definition) is 2. The highest BCUT2D eigenvalue weighted by Crippen LogP contribution is 2.29. The van der Waals surface area contributed by atoms with Crippen molar-refractivity contribution in [3.63, 3.8) is 0 Å². The van der Waals surface area contributed by atoms with Gasteiger partial charge < -0.3 is 4.55 Å². The number of allylic oxidation sites excluding steroid dienone is 2. The average molecular weight is 230 g/mol. The maximum absolute atomic E-state index is 10.8. The van der Waals surface area contributed by atoms with Gasteiger partial charge in [-0.1, -0.05) is 17.7 Å². The van der Waals surface area contributed by atoms with E-state index in [-0.39, 0.29) is 6.04 Å². The van der Waals surface area contributed by atoms with Crippen molar-refractivity contribution < 1.29 is 8.76 Å². The molecule has 1 heterocycles. The van der Waals surface area contributed by atoms with Crippen molar-refractivity contribution in [3.05, 3.63) is 33.7 Å². The number of halogens is 1. The van der Waals surface area contributed by atoms with Crippen molar-refractivity contribution in [2.75, 3.05) is 0 Å². The summed E-state index contributed by atoms with van der Waals surface area (Å²) >= 11 is 4.04. The standard InChI is InChI=1S/C9H8ClNO2S/c10-8-3-4-11-9-2-1-6(14(12)13)5-7(8)9/h1-2,4-5,9H,3H2,(H,12,13). The Labute approximate surface area is 89.2 Å². The Morgan fingerprint density at radius 3 is 3.14 bits per heavy atom. The number of dihydropyridines is 1. The largest absolute Gasteiger partial charge is 0.302 e. The first-order valence-corrected chi connectivity index (χ1v) is 5.58. The van der Waals surface area contributed by atoms with Crippen molar-refractivity contribution in [2.24, 2.45) is 4.99 Å². The molecule has 14 heavy (non-hydrogen) atoms. The zero-order valence-electron chi connectivity index (χ0n) is 7.18. The second kappa shape index (κ2) is 3.81. The molecule has 0 fully saturated rings. The van der Waals surface area contributed by atoms with Crippen LogP contribution in [0.25, 0.3) is 0 Å². The molecule has 2 unspecified atom stereocenters. The van der Waals surface area contributed by atoms with E-state index in [1.54, 1.807) is 24.4 Å². The Hall–Kier alpha value is -0.710. The van der Waals surface area contributed by atoms with Crippen LogP contribution in [0.1, 0.15) is 6.42 Å². The van der Waals surface area contributed by atoms with Gasteiger partial charge in [0.15, 0.2) is 11.1 Å². The summed E-state index contributed by atoms with van der Waals surface area (Å²) in [6.07, 6.45) is 7.38. The van der Waals surface area contributed by atoms with E-state index in [0.29, 0.717) is 16.4 Å². The summed E-state index contributed by atoms with van der Waals surface area (Å²) in [4.78, 5) is 4.58. The molecular formula is C9H8ClNO2S. The maximum Gasteiger partial charge on any atom is 0.186 e. The van der Waals surface area contributed by atoms with Gasteiger partial charge in [0.1, 0.15) is 0 Å². The third kappa shape index (κ3) is 1.73. The molecule has 5 heteroatoms. The van der Waals surface area contributed by atoms with Crippen molar-refractivity contribution in [3.8, 4) is 0 Å². The molecule has 0 saturated heterocycles. The Balaban J connectivity index is 2.40. The van der Waals surface area contributed by atoms with E-state index in [1.807, 2.05) is 0 Å². The molecule has 1 N–H and O–H groups in total. The molecule has 0 aromatic rings. The lowest BCUT2D eigenvalue weighted by Crippen LogP contribution is -2.14. The summed E-state index contributed by atoms with van der Waals surface area (Å²) in [5, 5.41) is 0.692. The lowest BCUT2D eigenvalue weighted by Gasteiger charge is -2.19. The molecule has 2 rings (SSSR count). The Kier molecular flexibility index (Phi) is 2.67. The number of rotatable bonds is 1. The van der Waals surface area contributed by atoms with E-state index in [9.17, 15) is 4.21 Å². The average Bonchev–Trinajstić information content (AvgIpc) is 2.18. The first-order chi connectivity index (χ1) is 6.68. The number of aliphatic imine (C=N–C) groups is 1. The molecule has 0 aromatic heterocycles. The maximum atomic E-state index is 10.8. The number of nitrogens with zero attached hydrogens (tertiary/aromatic N) is 1. The van der Waals surface area contributed by atoms with Crippen LogP contribution in [0.15, 0.2) is 38.7 Å².